The van der Waals surface area contributed by atoms with Gasteiger partial charge >= 0.3 is 6.01 Å². The van der Waals surface area contributed by atoms with Gasteiger partial charge in [0.25, 0.3) is 0 Å². The minimum atomic E-state index is -0.425. The molecule has 0 radical (unpaired) electrons. The van der Waals surface area contributed by atoms with Crippen LogP contribution in [0.15, 0.2) is 36.7 Å². The summed E-state index contributed by atoms with van der Waals surface area (Å²) in [5, 5.41) is 2.51. The lowest BCUT2D eigenvalue weighted by Crippen LogP contribution is -2.35. The summed E-state index contributed by atoms with van der Waals surface area (Å²) in [5.74, 6) is -0.559. The standard InChI is InChI=1S/C15H13FN4O3/c16-10-2-1-3-12(6-10)23-15-18-7-11(8-19-15)20-5-4-13(21)17-9-14(20)22/h1-3,6-8H,4-5,9H2,(H,17,21). The molecule has 2 amide bonds. The molecule has 118 valence electrons. The van der Waals surface area contributed by atoms with Gasteiger partial charge in [-0.2, -0.15) is 0 Å². The van der Waals surface area contributed by atoms with Crippen LogP contribution in [0.1, 0.15) is 6.42 Å². The highest BCUT2D eigenvalue weighted by Crippen LogP contribution is 2.20. The number of anilines is 1. The Morgan fingerprint density at radius 3 is 2.74 bits per heavy atom. The molecule has 0 unspecified atom stereocenters. The Hall–Kier alpha value is -3.03. The molecule has 0 aliphatic carbocycles. The second-order valence-electron chi connectivity index (χ2n) is 4.86. The van der Waals surface area contributed by atoms with Crippen LogP contribution in [-0.2, 0) is 9.59 Å². The van der Waals surface area contributed by atoms with Gasteiger partial charge in [-0.15, -0.1) is 0 Å². The van der Waals surface area contributed by atoms with E-state index in [4.69, 9.17) is 4.74 Å². The minimum Gasteiger partial charge on any atom is -0.424 e. The molecule has 8 heteroatoms. The summed E-state index contributed by atoms with van der Waals surface area (Å²) < 4.78 is 18.4. The summed E-state index contributed by atoms with van der Waals surface area (Å²) in [6, 6.07) is 5.65. The topological polar surface area (TPSA) is 84.4 Å². The number of hydrogen-bond acceptors (Lipinski definition) is 5. The van der Waals surface area contributed by atoms with Crippen molar-refractivity contribution < 1.29 is 18.7 Å². The van der Waals surface area contributed by atoms with Crippen LogP contribution in [0.25, 0.3) is 0 Å². The van der Waals surface area contributed by atoms with Crippen molar-refractivity contribution in [3.8, 4) is 11.8 Å². The maximum atomic E-state index is 13.1. The molecule has 7 nitrogen and oxygen atoms in total. The Morgan fingerprint density at radius 1 is 1.22 bits per heavy atom. The summed E-state index contributed by atoms with van der Waals surface area (Å²) >= 11 is 0. The van der Waals surface area contributed by atoms with Crippen molar-refractivity contribution in [1.82, 2.24) is 15.3 Å². The number of benzene rings is 1. The van der Waals surface area contributed by atoms with Gasteiger partial charge in [-0.25, -0.2) is 14.4 Å². The van der Waals surface area contributed by atoms with Crippen LogP contribution < -0.4 is 15.0 Å². The Labute approximate surface area is 131 Å². The average Bonchev–Trinajstić information content (AvgIpc) is 2.70. The van der Waals surface area contributed by atoms with Crippen molar-refractivity contribution in [2.45, 2.75) is 6.42 Å². The van der Waals surface area contributed by atoms with E-state index in [0.29, 0.717) is 5.69 Å². The first-order chi connectivity index (χ1) is 11.1. The molecule has 0 saturated carbocycles. The van der Waals surface area contributed by atoms with Crippen molar-refractivity contribution in [2.24, 2.45) is 0 Å². The van der Waals surface area contributed by atoms with Gasteiger partial charge in [0.15, 0.2) is 0 Å². The highest BCUT2D eigenvalue weighted by Gasteiger charge is 2.22. The van der Waals surface area contributed by atoms with Gasteiger partial charge in [-0.05, 0) is 12.1 Å². The lowest BCUT2D eigenvalue weighted by atomic mass is 10.3. The molecular formula is C15H13FN4O3. The summed E-state index contributed by atoms with van der Waals surface area (Å²) in [6.45, 7) is 0.207. The predicted octanol–water partition coefficient (Wildman–Crippen LogP) is 1.26. The molecule has 0 atom stereocenters. The normalized spacial score (nSPS) is 15.1. The summed E-state index contributed by atoms with van der Waals surface area (Å²) in [7, 11) is 0. The molecule has 1 saturated heterocycles. The monoisotopic (exact) mass is 316 g/mol. The van der Waals surface area contributed by atoms with Crippen molar-refractivity contribution in [1.29, 1.82) is 0 Å². The molecule has 1 fully saturated rings. The van der Waals surface area contributed by atoms with E-state index in [1.165, 1.54) is 35.5 Å². The number of halogens is 1. The Balaban J connectivity index is 1.73. The van der Waals surface area contributed by atoms with Gasteiger partial charge in [-0.3, -0.25) is 9.59 Å². The number of hydrogen-bond donors (Lipinski definition) is 1. The van der Waals surface area contributed by atoms with E-state index >= 15 is 0 Å². The fraction of sp³-hybridized carbons (Fsp3) is 0.200. The molecule has 3 rings (SSSR count). The smallest absolute Gasteiger partial charge is 0.322 e. The largest absolute Gasteiger partial charge is 0.424 e. The molecule has 1 aliphatic rings. The summed E-state index contributed by atoms with van der Waals surface area (Å²) in [6.07, 6.45) is 3.07. The van der Waals surface area contributed by atoms with Crippen molar-refractivity contribution in [3.05, 3.63) is 42.5 Å². The molecule has 1 N–H and O–H groups in total. The minimum absolute atomic E-state index is 0.0378. The van der Waals surface area contributed by atoms with Crippen molar-refractivity contribution >= 4 is 17.5 Å². The fourth-order valence-corrected chi connectivity index (χ4v) is 2.11. The van der Waals surface area contributed by atoms with E-state index in [1.807, 2.05) is 0 Å². The lowest BCUT2D eigenvalue weighted by molar-refractivity contribution is -0.123. The van der Waals surface area contributed by atoms with E-state index in [9.17, 15) is 14.0 Å². The van der Waals surface area contributed by atoms with E-state index in [0.717, 1.165) is 0 Å². The van der Waals surface area contributed by atoms with Gasteiger partial charge in [0.05, 0.1) is 24.6 Å². The lowest BCUT2D eigenvalue weighted by Gasteiger charge is -2.18. The second-order valence-corrected chi connectivity index (χ2v) is 4.86. The van der Waals surface area contributed by atoms with Gasteiger partial charge in [-0.1, -0.05) is 6.07 Å². The van der Waals surface area contributed by atoms with E-state index in [1.54, 1.807) is 6.07 Å². The number of ether oxygens (including phenoxy) is 1. The number of aromatic nitrogens is 2. The van der Waals surface area contributed by atoms with Crippen LogP contribution in [0.2, 0.25) is 0 Å². The van der Waals surface area contributed by atoms with Gasteiger partial charge in [0.1, 0.15) is 11.6 Å². The van der Waals surface area contributed by atoms with Crippen LogP contribution in [0.4, 0.5) is 10.1 Å². The predicted molar refractivity (Wildman–Crippen MR) is 78.5 cm³/mol. The van der Waals surface area contributed by atoms with E-state index < -0.39 is 5.82 Å². The van der Waals surface area contributed by atoms with Crippen molar-refractivity contribution in [3.63, 3.8) is 0 Å². The first-order valence-electron chi connectivity index (χ1n) is 6.94. The van der Waals surface area contributed by atoms with Gasteiger partial charge in [0, 0.05) is 19.0 Å². The third-order valence-electron chi connectivity index (χ3n) is 3.23. The van der Waals surface area contributed by atoms with Crippen LogP contribution in [-0.4, -0.2) is 34.9 Å². The number of nitrogens with one attached hydrogen (secondary N) is 1. The van der Waals surface area contributed by atoms with Crippen LogP contribution in [0.5, 0.6) is 11.8 Å². The number of nitrogens with zero attached hydrogens (tertiary/aromatic N) is 3. The molecular weight excluding hydrogens is 303 g/mol. The van der Waals surface area contributed by atoms with E-state index in [-0.39, 0.29) is 43.1 Å². The zero-order valence-corrected chi connectivity index (χ0v) is 12.0. The van der Waals surface area contributed by atoms with Gasteiger partial charge < -0.3 is 15.0 Å². The van der Waals surface area contributed by atoms with Crippen LogP contribution in [0, 0.1) is 5.82 Å². The third-order valence-corrected chi connectivity index (χ3v) is 3.23. The average molecular weight is 316 g/mol. The zero-order chi connectivity index (χ0) is 16.2. The highest BCUT2D eigenvalue weighted by atomic mass is 19.1. The van der Waals surface area contributed by atoms with E-state index in [2.05, 4.69) is 15.3 Å². The first-order valence-corrected chi connectivity index (χ1v) is 6.94. The molecule has 0 spiro atoms. The zero-order valence-electron chi connectivity index (χ0n) is 12.0. The first kappa shape index (κ1) is 14.9. The number of carbonyl (C=O) groups excluding carboxylic acids is 2. The van der Waals surface area contributed by atoms with Gasteiger partial charge in [0.2, 0.25) is 11.8 Å². The molecule has 1 aromatic heterocycles. The molecule has 0 bridgehead atoms. The van der Waals surface area contributed by atoms with Crippen LogP contribution in [0.3, 0.4) is 0 Å². The fourth-order valence-electron chi connectivity index (χ4n) is 2.11. The molecule has 1 aliphatic heterocycles. The van der Waals surface area contributed by atoms with Crippen molar-refractivity contribution in [2.75, 3.05) is 18.0 Å². The Kier molecular flexibility index (Phi) is 4.13. The molecule has 1 aromatic carbocycles. The third kappa shape index (κ3) is 3.60. The molecule has 2 heterocycles. The maximum Gasteiger partial charge on any atom is 0.322 e. The SMILES string of the molecule is O=C1CCN(c2cnc(Oc3cccc(F)c3)nc2)C(=O)CN1. The quantitative estimate of drug-likeness (QED) is 0.921. The number of amides is 2. The second kappa shape index (κ2) is 6.39. The summed E-state index contributed by atoms with van der Waals surface area (Å²) in [5.41, 5.74) is 0.470. The Bertz CT molecular complexity index is 736. The molecule has 23 heavy (non-hydrogen) atoms. The highest BCUT2D eigenvalue weighted by molar-refractivity contribution is 5.98. The number of carbonyl (C=O) groups is 2. The Morgan fingerprint density at radius 2 is 2.00 bits per heavy atom. The summed E-state index contributed by atoms with van der Waals surface area (Å²) in [4.78, 5) is 32.7. The van der Waals surface area contributed by atoms with Crippen LogP contribution >= 0.6 is 0 Å². The number of rotatable bonds is 3. The maximum absolute atomic E-state index is 13.1. The molecule has 2 aromatic rings.